The van der Waals surface area contributed by atoms with Crippen molar-refractivity contribution in [3.8, 4) is 5.75 Å². The Labute approximate surface area is 185 Å². The number of nitrogens with zero attached hydrogens (tertiary/aromatic N) is 4. The number of piperidine rings is 1. The number of benzene rings is 1. The van der Waals surface area contributed by atoms with Crippen LogP contribution in [-0.2, 0) is 6.42 Å². The van der Waals surface area contributed by atoms with E-state index in [0.29, 0.717) is 29.2 Å². The molecule has 1 aromatic carbocycles. The number of aromatic nitrogens is 3. The van der Waals surface area contributed by atoms with Crippen molar-refractivity contribution in [1.82, 2.24) is 14.6 Å². The summed E-state index contributed by atoms with van der Waals surface area (Å²) in [5.41, 5.74) is 2.74. The number of amides is 1. The van der Waals surface area contributed by atoms with Crippen molar-refractivity contribution in [3.63, 3.8) is 0 Å². The molecule has 1 amide bonds. The third-order valence-corrected chi connectivity index (χ3v) is 6.42. The minimum Gasteiger partial charge on any atom is -0.484 e. The van der Waals surface area contributed by atoms with E-state index in [1.54, 1.807) is 23.0 Å². The van der Waals surface area contributed by atoms with Crippen LogP contribution in [0.5, 0.6) is 5.75 Å². The maximum Gasteiger partial charge on any atom is 0.261 e. The van der Waals surface area contributed by atoms with Crippen LogP contribution in [0.4, 0.5) is 11.4 Å². The number of hydrogen-bond acceptors (Lipinski definition) is 7. The summed E-state index contributed by atoms with van der Waals surface area (Å²) in [6.07, 6.45) is 7.23. The molecule has 2 aliphatic rings. The van der Waals surface area contributed by atoms with Crippen LogP contribution in [0, 0.1) is 5.92 Å². The van der Waals surface area contributed by atoms with E-state index < -0.39 is 5.60 Å². The molecule has 0 radical (unpaired) electrons. The smallest absolute Gasteiger partial charge is 0.261 e. The van der Waals surface area contributed by atoms with Crippen LogP contribution >= 0.6 is 0 Å². The first-order chi connectivity index (χ1) is 15.5. The van der Waals surface area contributed by atoms with E-state index in [2.05, 4.69) is 20.3 Å². The van der Waals surface area contributed by atoms with E-state index in [-0.39, 0.29) is 19.1 Å². The van der Waals surface area contributed by atoms with E-state index in [1.807, 2.05) is 19.1 Å². The molecule has 1 saturated heterocycles. The van der Waals surface area contributed by atoms with Gasteiger partial charge in [-0.15, -0.1) is 0 Å². The zero-order valence-electron chi connectivity index (χ0n) is 18.0. The first kappa shape index (κ1) is 20.7. The molecule has 5 rings (SSSR count). The summed E-state index contributed by atoms with van der Waals surface area (Å²) in [5.74, 6) is 0.753. The number of aliphatic hydroxyl groups excluding tert-OH is 2. The number of ether oxygens (including phenoxy) is 1. The number of carbonyl (C=O) groups is 1. The lowest BCUT2D eigenvalue weighted by molar-refractivity contribution is 0.0447. The number of fused-ring (bicyclic) bond motifs is 2. The summed E-state index contributed by atoms with van der Waals surface area (Å²) in [5, 5.41) is 26.5. The maximum atomic E-state index is 13.2. The van der Waals surface area contributed by atoms with Gasteiger partial charge in [0, 0.05) is 50.1 Å². The van der Waals surface area contributed by atoms with Gasteiger partial charge >= 0.3 is 0 Å². The number of anilines is 2. The van der Waals surface area contributed by atoms with Gasteiger partial charge in [-0.2, -0.15) is 5.10 Å². The first-order valence-electron chi connectivity index (χ1n) is 10.9. The Morgan fingerprint density at radius 2 is 2.12 bits per heavy atom. The van der Waals surface area contributed by atoms with Gasteiger partial charge in [0.2, 0.25) is 0 Å². The lowest BCUT2D eigenvalue weighted by Crippen LogP contribution is -2.35. The van der Waals surface area contributed by atoms with Crippen LogP contribution in [0.1, 0.15) is 35.7 Å². The van der Waals surface area contributed by atoms with E-state index in [9.17, 15) is 15.0 Å². The molecular weight excluding hydrogens is 410 g/mol. The van der Waals surface area contributed by atoms with Crippen molar-refractivity contribution < 1.29 is 19.7 Å². The molecule has 9 heteroatoms. The van der Waals surface area contributed by atoms with E-state index in [1.165, 1.54) is 6.20 Å². The topological polar surface area (TPSA) is 112 Å². The summed E-state index contributed by atoms with van der Waals surface area (Å²) in [6, 6.07) is 5.66. The summed E-state index contributed by atoms with van der Waals surface area (Å²) < 4.78 is 7.62. The molecule has 0 bridgehead atoms. The van der Waals surface area contributed by atoms with Gasteiger partial charge in [-0.3, -0.25) is 4.79 Å². The minimum absolute atomic E-state index is 0.0886. The SMILES string of the molecule is CC1(CO)Cc2cc(NC(=O)c3cnn4cccnc34)c(N3CCC(CO)CC3)cc2O1. The van der Waals surface area contributed by atoms with Crippen molar-refractivity contribution in [2.75, 3.05) is 36.5 Å². The van der Waals surface area contributed by atoms with Gasteiger partial charge in [-0.05, 0) is 37.8 Å². The molecule has 2 aliphatic heterocycles. The Hall–Kier alpha value is -3.17. The van der Waals surface area contributed by atoms with Crippen molar-refractivity contribution in [2.24, 2.45) is 5.92 Å². The number of hydrogen-bond donors (Lipinski definition) is 3. The highest BCUT2D eigenvalue weighted by atomic mass is 16.5. The van der Waals surface area contributed by atoms with Crippen LogP contribution in [0.2, 0.25) is 0 Å². The number of rotatable bonds is 5. The Morgan fingerprint density at radius 3 is 2.88 bits per heavy atom. The quantitative estimate of drug-likeness (QED) is 0.559. The van der Waals surface area contributed by atoms with Crippen LogP contribution in [0.3, 0.4) is 0 Å². The largest absolute Gasteiger partial charge is 0.484 e. The lowest BCUT2D eigenvalue weighted by Gasteiger charge is -2.34. The third-order valence-electron chi connectivity index (χ3n) is 6.42. The van der Waals surface area contributed by atoms with Crippen LogP contribution < -0.4 is 15.0 Å². The highest BCUT2D eigenvalue weighted by Gasteiger charge is 2.36. The molecule has 9 nitrogen and oxygen atoms in total. The molecule has 3 N–H and O–H groups in total. The summed E-state index contributed by atoms with van der Waals surface area (Å²) in [4.78, 5) is 19.7. The number of aliphatic hydroxyl groups is 2. The molecule has 3 aromatic rings. The molecule has 4 heterocycles. The van der Waals surface area contributed by atoms with Crippen LogP contribution in [0.15, 0.2) is 36.8 Å². The fourth-order valence-corrected chi connectivity index (χ4v) is 4.53. The minimum atomic E-state index is -0.668. The summed E-state index contributed by atoms with van der Waals surface area (Å²) >= 11 is 0. The second kappa shape index (κ2) is 8.07. The van der Waals surface area contributed by atoms with Crippen LogP contribution in [0.25, 0.3) is 5.65 Å². The van der Waals surface area contributed by atoms with Gasteiger partial charge in [0.05, 0.1) is 24.2 Å². The normalized spacial score (nSPS) is 20.9. The monoisotopic (exact) mass is 437 g/mol. The fourth-order valence-electron chi connectivity index (χ4n) is 4.53. The first-order valence-corrected chi connectivity index (χ1v) is 10.9. The molecule has 2 aromatic heterocycles. The van der Waals surface area contributed by atoms with Crippen LogP contribution in [-0.4, -0.2) is 62.6 Å². The van der Waals surface area contributed by atoms with Crippen molar-refractivity contribution in [1.29, 1.82) is 0 Å². The molecule has 0 aliphatic carbocycles. The van der Waals surface area contributed by atoms with E-state index in [0.717, 1.165) is 42.9 Å². The Balaban J connectivity index is 1.49. The summed E-state index contributed by atoms with van der Waals surface area (Å²) in [7, 11) is 0. The van der Waals surface area contributed by atoms with Gasteiger partial charge in [-0.1, -0.05) is 0 Å². The van der Waals surface area contributed by atoms with Gasteiger partial charge in [0.1, 0.15) is 16.9 Å². The highest BCUT2D eigenvalue weighted by Crippen LogP contribution is 2.42. The second-order valence-corrected chi connectivity index (χ2v) is 8.88. The second-order valence-electron chi connectivity index (χ2n) is 8.88. The Kier molecular flexibility index (Phi) is 5.22. The van der Waals surface area contributed by atoms with E-state index in [4.69, 9.17) is 4.74 Å². The number of carbonyl (C=O) groups excluding carboxylic acids is 1. The van der Waals surface area contributed by atoms with Crippen molar-refractivity contribution in [2.45, 2.75) is 31.8 Å². The van der Waals surface area contributed by atoms with Gasteiger partial charge < -0.3 is 25.2 Å². The fraction of sp³-hybridized carbons (Fsp3) is 0.435. The van der Waals surface area contributed by atoms with Gasteiger partial charge in [-0.25, -0.2) is 9.50 Å². The molecule has 0 spiro atoms. The average molecular weight is 438 g/mol. The van der Waals surface area contributed by atoms with E-state index >= 15 is 0 Å². The summed E-state index contributed by atoms with van der Waals surface area (Å²) in [6.45, 7) is 3.54. The molecule has 0 saturated carbocycles. The molecule has 168 valence electrons. The molecule has 32 heavy (non-hydrogen) atoms. The zero-order chi connectivity index (χ0) is 22.3. The molecule has 1 atom stereocenters. The molecule has 1 unspecified atom stereocenters. The van der Waals surface area contributed by atoms with Crippen molar-refractivity contribution in [3.05, 3.63) is 47.9 Å². The number of nitrogens with one attached hydrogen (secondary N) is 1. The maximum absolute atomic E-state index is 13.2. The third kappa shape index (κ3) is 3.67. The standard InChI is InChI=1S/C23H27N5O4/c1-23(14-30)11-16-9-18(26-22(31)17-12-25-28-6-2-5-24-21(17)28)19(10-20(16)32-23)27-7-3-15(13-29)4-8-27/h2,5-6,9-10,12,15,29-30H,3-4,7-8,11,13-14H2,1H3,(H,26,31). The highest BCUT2D eigenvalue weighted by molar-refractivity contribution is 6.09. The van der Waals surface area contributed by atoms with Crippen molar-refractivity contribution >= 4 is 22.9 Å². The predicted molar refractivity (Wildman–Crippen MR) is 119 cm³/mol. The zero-order valence-corrected chi connectivity index (χ0v) is 18.0. The van der Waals surface area contributed by atoms with Gasteiger partial charge in [0.25, 0.3) is 5.91 Å². The van der Waals surface area contributed by atoms with Gasteiger partial charge in [0.15, 0.2) is 5.65 Å². The molecule has 1 fully saturated rings. The molecular formula is C23H27N5O4. The predicted octanol–water partition coefficient (Wildman–Crippen LogP) is 1.88. The lowest BCUT2D eigenvalue weighted by atomic mass is 9.96. The Bertz CT molecular complexity index is 1150. The Morgan fingerprint density at radius 1 is 1.31 bits per heavy atom. The average Bonchev–Trinajstić information content (AvgIpc) is 3.39.